The molecule has 0 aliphatic heterocycles. The first-order chi connectivity index (χ1) is 12.5. The van der Waals surface area contributed by atoms with E-state index >= 15 is 0 Å². The van der Waals surface area contributed by atoms with Crippen molar-refractivity contribution in [2.75, 3.05) is 19.5 Å². The molecule has 134 valence electrons. The lowest BCUT2D eigenvalue weighted by molar-refractivity contribution is 0.102. The molecule has 3 rings (SSSR count). The smallest absolute Gasteiger partial charge is 0.261 e. The molecule has 1 N–H and O–H groups in total. The number of aromatic nitrogens is 1. The number of methoxy groups -OCH3 is 2. The second-order valence-electron chi connectivity index (χ2n) is 5.85. The number of rotatable bonds is 5. The Morgan fingerprint density at radius 2 is 1.92 bits per heavy atom. The minimum Gasteiger partial charge on any atom is -0.493 e. The number of ether oxygens (including phenoxy) is 2. The Morgan fingerprint density at radius 1 is 1.12 bits per heavy atom. The van der Waals surface area contributed by atoms with Crippen molar-refractivity contribution in [1.82, 2.24) is 4.98 Å². The predicted octanol–water partition coefficient (Wildman–Crippen LogP) is 4.70. The van der Waals surface area contributed by atoms with Crippen molar-refractivity contribution in [3.63, 3.8) is 0 Å². The summed E-state index contributed by atoms with van der Waals surface area (Å²) < 4.78 is 10.6. The van der Waals surface area contributed by atoms with Crippen molar-refractivity contribution in [3.8, 4) is 22.8 Å². The zero-order chi connectivity index (χ0) is 18.7. The highest BCUT2D eigenvalue weighted by Crippen LogP contribution is 2.32. The molecule has 0 atom stereocenters. The van der Waals surface area contributed by atoms with Gasteiger partial charge in [0.15, 0.2) is 16.6 Å². The zero-order valence-corrected chi connectivity index (χ0v) is 15.9. The van der Waals surface area contributed by atoms with Crippen LogP contribution in [0.3, 0.4) is 0 Å². The Labute approximate surface area is 156 Å². The van der Waals surface area contributed by atoms with Crippen LogP contribution in [-0.4, -0.2) is 25.1 Å². The Morgan fingerprint density at radius 3 is 2.62 bits per heavy atom. The number of nitrogens with one attached hydrogen (secondary N) is 1. The summed E-state index contributed by atoms with van der Waals surface area (Å²) in [5.74, 6) is 0.621. The molecule has 26 heavy (non-hydrogen) atoms. The minimum atomic E-state index is -0.290. The number of anilines is 1. The molecule has 1 aromatic heterocycles. The molecule has 0 saturated heterocycles. The van der Waals surface area contributed by atoms with Crippen LogP contribution >= 0.6 is 11.3 Å². The fourth-order valence-electron chi connectivity index (χ4n) is 2.79. The molecule has 0 fully saturated rings. The summed E-state index contributed by atoms with van der Waals surface area (Å²) in [5.41, 5.74) is 4.67. The number of carbonyl (C=O) groups is 1. The Balaban J connectivity index is 1.85. The van der Waals surface area contributed by atoms with Crippen LogP contribution in [0.15, 0.2) is 41.8 Å². The number of hydrogen-bond acceptors (Lipinski definition) is 5. The molecule has 5 nitrogen and oxygen atoms in total. The fraction of sp³-hybridized carbons (Fsp3) is 0.200. The van der Waals surface area contributed by atoms with E-state index in [1.165, 1.54) is 31.1 Å². The van der Waals surface area contributed by atoms with Crippen LogP contribution in [0.4, 0.5) is 5.13 Å². The van der Waals surface area contributed by atoms with Crippen LogP contribution in [0.1, 0.15) is 21.5 Å². The van der Waals surface area contributed by atoms with Crippen LogP contribution in [0.5, 0.6) is 11.5 Å². The van der Waals surface area contributed by atoms with Gasteiger partial charge in [-0.3, -0.25) is 10.1 Å². The fourth-order valence-corrected chi connectivity index (χ4v) is 3.49. The van der Waals surface area contributed by atoms with Crippen LogP contribution in [0.25, 0.3) is 11.3 Å². The van der Waals surface area contributed by atoms with E-state index in [0.29, 0.717) is 22.2 Å². The van der Waals surface area contributed by atoms with E-state index in [2.05, 4.69) is 42.3 Å². The Kier molecular flexibility index (Phi) is 5.23. The monoisotopic (exact) mass is 368 g/mol. The van der Waals surface area contributed by atoms with Crippen molar-refractivity contribution in [3.05, 3.63) is 58.5 Å². The number of carbonyl (C=O) groups excluding carboxylic acids is 1. The molecule has 0 aliphatic rings. The molecule has 2 aromatic carbocycles. The van der Waals surface area contributed by atoms with Crippen LogP contribution in [0, 0.1) is 13.8 Å². The van der Waals surface area contributed by atoms with Gasteiger partial charge in [0.1, 0.15) is 0 Å². The second-order valence-corrected chi connectivity index (χ2v) is 6.71. The van der Waals surface area contributed by atoms with Crippen molar-refractivity contribution in [1.29, 1.82) is 0 Å². The third-order valence-corrected chi connectivity index (χ3v) is 4.79. The minimum absolute atomic E-state index is 0.290. The summed E-state index contributed by atoms with van der Waals surface area (Å²) >= 11 is 1.39. The summed E-state index contributed by atoms with van der Waals surface area (Å²) in [7, 11) is 3.05. The van der Waals surface area contributed by atoms with Gasteiger partial charge in [0.25, 0.3) is 5.91 Å². The summed E-state index contributed by atoms with van der Waals surface area (Å²) in [6.45, 7) is 4.12. The first kappa shape index (κ1) is 17.9. The van der Waals surface area contributed by atoms with Gasteiger partial charge in [-0.05, 0) is 31.5 Å². The first-order valence-electron chi connectivity index (χ1n) is 8.09. The van der Waals surface area contributed by atoms with Gasteiger partial charge in [0.05, 0.1) is 25.5 Å². The average Bonchev–Trinajstić information content (AvgIpc) is 3.08. The number of hydrogen-bond donors (Lipinski definition) is 1. The molecule has 6 heteroatoms. The number of thiazole rings is 1. The van der Waals surface area contributed by atoms with E-state index in [1.54, 1.807) is 18.2 Å². The van der Waals surface area contributed by atoms with Crippen molar-refractivity contribution >= 4 is 22.4 Å². The molecule has 0 unspecified atom stereocenters. The molecule has 1 heterocycles. The summed E-state index contributed by atoms with van der Waals surface area (Å²) in [6.07, 6.45) is 0. The van der Waals surface area contributed by atoms with Crippen LogP contribution < -0.4 is 14.8 Å². The molecule has 1 amide bonds. The molecule has 3 aromatic rings. The lowest BCUT2D eigenvalue weighted by Gasteiger charge is -2.11. The van der Waals surface area contributed by atoms with Crippen LogP contribution in [-0.2, 0) is 0 Å². The van der Waals surface area contributed by atoms with Gasteiger partial charge < -0.3 is 9.47 Å². The highest BCUT2D eigenvalue weighted by molar-refractivity contribution is 7.14. The van der Waals surface area contributed by atoms with E-state index in [-0.39, 0.29) is 5.91 Å². The lowest BCUT2D eigenvalue weighted by atomic mass is 10.0. The maximum absolute atomic E-state index is 12.6. The van der Waals surface area contributed by atoms with E-state index in [0.717, 1.165) is 16.8 Å². The van der Waals surface area contributed by atoms with Gasteiger partial charge in [0, 0.05) is 10.9 Å². The third-order valence-electron chi connectivity index (χ3n) is 4.03. The molecule has 0 bridgehead atoms. The number of benzene rings is 2. The maximum atomic E-state index is 12.6. The van der Waals surface area contributed by atoms with Gasteiger partial charge in [0.2, 0.25) is 0 Å². The van der Waals surface area contributed by atoms with E-state index in [1.807, 2.05) is 5.38 Å². The second kappa shape index (κ2) is 7.58. The topological polar surface area (TPSA) is 60.5 Å². The van der Waals surface area contributed by atoms with Crippen molar-refractivity contribution in [2.24, 2.45) is 0 Å². The lowest BCUT2D eigenvalue weighted by Crippen LogP contribution is -2.13. The molecular weight excluding hydrogens is 348 g/mol. The number of nitrogens with zero attached hydrogens (tertiary/aromatic N) is 1. The molecule has 0 radical (unpaired) electrons. The normalized spacial score (nSPS) is 10.5. The SMILES string of the molecule is COc1cccc(C(=O)Nc2nc(-c3ccc(C)cc3C)cs2)c1OC. The van der Waals surface area contributed by atoms with Crippen LogP contribution in [0.2, 0.25) is 0 Å². The Bertz CT molecular complexity index is 950. The van der Waals surface area contributed by atoms with Crippen molar-refractivity contribution < 1.29 is 14.3 Å². The maximum Gasteiger partial charge on any atom is 0.261 e. The van der Waals surface area contributed by atoms with E-state index < -0.39 is 0 Å². The molecule has 0 saturated carbocycles. The largest absolute Gasteiger partial charge is 0.493 e. The van der Waals surface area contributed by atoms with Gasteiger partial charge in [-0.25, -0.2) is 4.98 Å². The molecular formula is C20H20N2O3S. The summed E-state index contributed by atoms with van der Waals surface area (Å²) in [6, 6.07) is 11.4. The number of amides is 1. The van der Waals surface area contributed by atoms with E-state index in [9.17, 15) is 4.79 Å². The first-order valence-corrected chi connectivity index (χ1v) is 8.97. The number of aryl methyl sites for hydroxylation is 2. The molecule has 0 spiro atoms. The van der Waals surface area contributed by atoms with Crippen molar-refractivity contribution in [2.45, 2.75) is 13.8 Å². The third kappa shape index (κ3) is 3.55. The number of para-hydroxylation sites is 1. The summed E-state index contributed by atoms with van der Waals surface area (Å²) in [5, 5.41) is 5.32. The molecule has 0 aliphatic carbocycles. The predicted molar refractivity (Wildman–Crippen MR) is 105 cm³/mol. The van der Waals surface area contributed by atoms with Gasteiger partial charge in [-0.15, -0.1) is 11.3 Å². The standard InChI is InChI=1S/C20H20N2O3S/c1-12-8-9-14(13(2)10-12)16-11-26-20(21-16)22-19(23)15-6-5-7-17(24-3)18(15)25-4/h5-11H,1-4H3,(H,21,22,23). The van der Waals surface area contributed by atoms with Gasteiger partial charge in [-0.2, -0.15) is 0 Å². The summed E-state index contributed by atoms with van der Waals surface area (Å²) in [4.78, 5) is 17.2. The van der Waals surface area contributed by atoms with E-state index in [4.69, 9.17) is 9.47 Å². The van der Waals surface area contributed by atoms with Gasteiger partial charge in [-0.1, -0.05) is 29.8 Å². The highest BCUT2D eigenvalue weighted by Gasteiger charge is 2.18. The quantitative estimate of drug-likeness (QED) is 0.709. The van der Waals surface area contributed by atoms with Gasteiger partial charge >= 0.3 is 0 Å². The zero-order valence-electron chi connectivity index (χ0n) is 15.1. The Hall–Kier alpha value is -2.86. The highest BCUT2D eigenvalue weighted by atomic mass is 32.1. The average molecular weight is 368 g/mol.